The Morgan fingerprint density at radius 3 is 2.78 bits per heavy atom. The van der Waals surface area contributed by atoms with E-state index in [1.807, 2.05) is 0 Å². The van der Waals surface area contributed by atoms with Crippen LogP contribution in [0.5, 0.6) is 5.75 Å². The van der Waals surface area contributed by atoms with E-state index in [2.05, 4.69) is 41.3 Å². The number of methoxy groups -OCH3 is 1. The molecule has 4 rings (SSSR count). The Kier molecular flexibility index (Phi) is 5.63. The van der Waals surface area contributed by atoms with Crippen LogP contribution in [0.1, 0.15) is 44.1 Å². The van der Waals surface area contributed by atoms with Crippen LogP contribution in [0, 0.1) is 5.92 Å². The first-order chi connectivity index (χ1) is 13.2. The maximum Gasteiger partial charge on any atom is 0.310 e. The average Bonchev–Trinajstić information content (AvgIpc) is 3.17. The van der Waals surface area contributed by atoms with Gasteiger partial charge in [-0.2, -0.15) is 0 Å². The number of rotatable bonds is 5. The van der Waals surface area contributed by atoms with Crippen LogP contribution in [0.3, 0.4) is 0 Å². The topological polar surface area (TPSA) is 38.8 Å². The highest BCUT2D eigenvalue weighted by Crippen LogP contribution is 2.31. The van der Waals surface area contributed by atoms with E-state index in [0.717, 1.165) is 31.8 Å². The first kappa shape index (κ1) is 18.3. The van der Waals surface area contributed by atoms with Crippen molar-refractivity contribution in [1.29, 1.82) is 0 Å². The van der Waals surface area contributed by atoms with Crippen LogP contribution in [0.2, 0.25) is 0 Å². The summed E-state index contributed by atoms with van der Waals surface area (Å²) in [7, 11) is 1.47. The summed E-state index contributed by atoms with van der Waals surface area (Å²) in [6.07, 6.45) is 7.49. The largest absolute Gasteiger partial charge is 0.490 e. The molecule has 1 unspecified atom stereocenters. The molecule has 1 saturated heterocycles. The molecule has 0 aromatic heterocycles. The van der Waals surface area contributed by atoms with Gasteiger partial charge in [-0.15, -0.1) is 0 Å². The Hall–Kier alpha value is -2.07. The minimum Gasteiger partial charge on any atom is -0.490 e. The summed E-state index contributed by atoms with van der Waals surface area (Å²) in [5, 5.41) is 2.42. The predicted molar refractivity (Wildman–Crippen MR) is 107 cm³/mol. The SMILES string of the molecule is COC(=O)C1CCN(Cc2ccc3c(OC4CCCCC4)cccc3c2)C1. The van der Waals surface area contributed by atoms with Crippen LogP contribution in [0.15, 0.2) is 36.4 Å². The van der Waals surface area contributed by atoms with Crippen molar-refractivity contribution in [2.75, 3.05) is 20.2 Å². The van der Waals surface area contributed by atoms with E-state index in [-0.39, 0.29) is 11.9 Å². The van der Waals surface area contributed by atoms with Crippen molar-refractivity contribution >= 4 is 16.7 Å². The van der Waals surface area contributed by atoms with Crippen LogP contribution < -0.4 is 4.74 Å². The van der Waals surface area contributed by atoms with Gasteiger partial charge in [0.05, 0.1) is 19.1 Å². The zero-order chi connectivity index (χ0) is 18.6. The molecule has 1 atom stereocenters. The lowest BCUT2D eigenvalue weighted by atomic mass is 9.97. The molecule has 2 aromatic rings. The number of fused-ring (bicyclic) bond motifs is 1. The van der Waals surface area contributed by atoms with E-state index >= 15 is 0 Å². The molecule has 2 aromatic carbocycles. The number of hydrogen-bond donors (Lipinski definition) is 0. The maximum absolute atomic E-state index is 11.7. The lowest BCUT2D eigenvalue weighted by molar-refractivity contribution is -0.144. The van der Waals surface area contributed by atoms with Crippen molar-refractivity contribution in [3.63, 3.8) is 0 Å². The predicted octanol–water partition coefficient (Wildman–Crippen LogP) is 4.55. The molecule has 0 N–H and O–H groups in total. The molecule has 144 valence electrons. The molecule has 4 nitrogen and oxygen atoms in total. The van der Waals surface area contributed by atoms with Crippen LogP contribution in [-0.4, -0.2) is 37.2 Å². The summed E-state index contributed by atoms with van der Waals surface area (Å²) in [5.41, 5.74) is 1.28. The first-order valence-electron chi connectivity index (χ1n) is 10.2. The highest BCUT2D eigenvalue weighted by atomic mass is 16.5. The van der Waals surface area contributed by atoms with E-state index in [9.17, 15) is 4.79 Å². The molecule has 0 amide bonds. The van der Waals surface area contributed by atoms with Gasteiger partial charge in [0.25, 0.3) is 0 Å². The number of carbonyl (C=O) groups is 1. The third kappa shape index (κ3) is 4.27. The van der Waals surface area contributed by atoms with Crippen molar-refractivity contribution < 1.29 is 14.3 Å². The molecule has 0 bridgehead atoms. The van der Waals surface area contributed by atoms with E-state index < -0.39 is 0 Å². The lowest BCUT2D eigenvalue weighted by Crippen LogP contribution is -2.23. The molecule has 27 heavy (non-hydrogen) atoms. The van der Waals surface area contributed by atoms with E-state index in [1.54, 1.807) is 0 Å². The molecule has 0 spiro atoms. The van der Waals surface area contributed by atoms with Gasteiger partial charge in [-0.1, -0.05) is 30.7 Å². The normalized spacial score (nSPS) is 21.4. The average molecular weight is 367 g/mol. The number of ether oxygens (including phenoxy) is 2. The van der Waals surface area contributed by atoms with Gasteiger partial charge in [-0.05, 0) is 61.7 Å². The van der Waals surface area contributed by atoms with Gasteiger partial charge in [0.2, 0.25) is 0 Å². The third-order valence-electron chi connectivity index (χ3n) is 5.96. The lowest BCUT2D eigenvalue weighted by Gasteiger charge is -2.24. The Bertz CT molecular complexity index is 797. The molecule has 4 heteroatoms. The third-order valence-corrected chi connectivity index (χ3v) is 5.96. The second-order valence-electron chi connectivity index (χ2n) is 7.93. The minimum absolute atomic E-state index is 0.0194. The fourth-order valence-electron chi connectivity index (χ4n) is 4.46. The molecule has 2 fully saturated rings. The number of carbonyl (C=O) groups excluding carboxylic acids is 1. The van der Waals surface area contributed by atoms with Crippen LogP contribution in [-0.2, 0) is 16.1 Å². The van der Waals surface area contributed by atoms with Gasteiger partial charge in [-0.25, -0.2) is 0 Å². The van der Waals surface area contributed by atoms with E-state index in [4.69, 9.17) is 9.47 Å². The van der Waals surface area contributed by atoms with Gasteiger partial charge in [0, 0.05) is 18.5 Å². The molecule has 1 heterocycles. The van der Waals surface area contributed by atoms with Crippen LogP contribution >= 0.6 is 0 Å². The Balaban J connectivity index is 1.46. The van der Waals surface area contributed by atoms with Gasteiger partial charge in [0.15, 0.2) is 0 Å². The summed E-state index contributed by atoms with van der Waals surface area (Å²) in [6, 6.07) is 13.0. The highest BCUT2D eigenvalue weighted by Gasteiger charge is 2.28. The second-order valence-corrected chi connectivity index (χ2v) is 7.93. The second kappa shape index (κ2) is 8.30. The van der Waals surface area contributed by atoms with Crippen molar-refractivity contribution in [2.45, 2.75) is 51.2 Å². The smallest absolute Gasteiger partial charge is 0.310 e. The molecular formula is C23H29NO3. The minimum atomic E-state index is -0.0829. The quantitative estimate of drug-likeness (QED) is 0.727. The molecular weight excluding hydrogens is 338 g/mol. The molecule has 1 aliphatic carbocycles. The van der Waals surface area contributed by atoms with Gasteiger partial charge < -0.3 is 9.47 Å². The molecule has 2 aliphatic rings. The Morgan fingerprint density at radius 2 is 1.96 bits per heavy atom. The molecule has 1 aliphatic heterocycles. The van der Waals surface area contributed by atoms with Crippen molar-refractivity contribution in [2.24, 2.45) is 5.92 Å². The van der Waals surface area contributed by atoms with Crippen molar-refractivity contribution in [3.8, 4) is 5.75 Å². The number of benzene rings is 2. The van der Waals surface area contributed by atoms with Crippen LogP contribution in [0.4, 0.5) is 0 Å². The summed E-state index contributed by atoms with van der Waals surface area (Å²) in [5.74, 6) is 0.948. The monoisotopic (exact) mass is 367 g/mol. The summed E-state index contributed by atoms with van der Waals surface area (Å²) < 4.78 is 11.2. The van der Waals surface area contributed by atoms with E-state index in [0.29, 0.717) is 6.10 Å². The number of likely N-dealkylation sites (tertiary alicyclic amines) is 1. The maximum atomic E-state index is 11.7. The fourth-order valence-corrected chi connectivity index (χ4v) is 4.46. The number of hydrogen-bond acceptors (Lipinski definition) is 4. The van der Waals surface area contributed by atoms with Gasteiger partial charge >= 0.3 is 5.97 Å². The first-order valence-corrected chi connectivity index (χ1v) is 10.2. The summed E-state index contributed by atoms with van der Waals surface area (Å²) in [4.78, 5) is 14.1. The van der Waals surface area contributed by atoms with Gasteiger partial charge in [-0.3, -0.25) is 9.69 Å². The van der Waals surface area contributed by atoms with Crippen molar-refractivity contribution in [3.05, 3.63) is 42.0 Å². The Morgan fingerprint density at radius 1 is 1.11 bits per heavy atom. The van der Waals surface area contributed by atoms with Gasteiger partial charge in [0.1, 0.15) is 5.75 Å². The molecule has 1 saturated carbocycles. The van der Waals surface area contributed by atoms with Crippen LogP contribution in [0.25, 0.3) is 10.8 Å². The standard InChI is InChI=1S/C23H29NO3/c1-26-23(25)19-12-13-24(16-19)15-17-10-11-21-18(14-17)6-5-9-22(21)27-20-7-3-2-4-8-20/h5-6,9-11,14,19-20H,2-4,7-8,12-13,15-16H2,1H3. The Labute approximate surface area is 161 Å². The summed E-state index contributed by atoms with van der Waals surface area (Å²) >= 11 is 0. The fraction of sp³-hybridized carbons (Fsp3) is 0.522. The van der Waals surface area contributed by atoms with Crippen molar-refractivity contribution in [1.82, 2.24) is 4.90 Å². The van der Waals surface area contributed by atoms with E-state index in [1.165, 1.54) is 55.5 Å². The summed E-state index contributed by atoms with van der Waals surface area (Å²) in [6.45, 7) is 2.61. The zero-order valence-electron chi connectivity index (χ0n) is 16.2. The molecule has 0 radical (unpaired) electrons. The highest BCUT2D eigenvalue weighted by molar-refractivity contribution is 5.88. The number of esters is 1. The number of nitrogens with zero attached hydrogens (tertiary/aromatic N) is 1. The zero-order valence-corrected chi connectivity index (χ0v) is 16.2.